The van der Waals surface area contributed by atoms with Crippen LogP contribution in [0.2, 0.25) is 0 Å². The van der Waals surface area contributed by atoms with Crippen molar-refractivity contribution in [3.63, 3.8) is 0 Å². The molecule has 1 aromatic carbocycles. The van der Waals surface area contributed by atoms with Gasteiger partial charge in [-0.05, 0) is 25.1 Å². The van der Waals surface area contributed by atoms with Crippen molar-refractivity contribution in [3.05, 3.63) is 29.7 Å². The number of aryl methyl sites for hydroxylation is 1. The molecule has 0 N–H and O–H groups in total. The van der Waals surface area contributed by atoms with Crippen molar-refractivity contribution >= 4 is 22.5 Å². The number of ether oxygens (including phenoxy) is 1. The average Bonchev–Trinajstić information content (AvgIpc) is 2.74. The largest absolute Gasteiger partial charge is 0.378 e. The van der Waals surface area contributed by atoms with Crippen molar-refractivity contribution in [1.82, 2.24) is 9.78 Å². The molecule has 0 aliphatic carbocycles. The van der Waals surface area contributed by atoms with E-state index < -0.39 is 0 Å². The topological polar surface area (TPSA) is 27.1 Å². The zero-order valence-electron chi connectivity index (χ0n) is 11.6. The van der Waals surface area contributed by atoms with Gasteiger partial charge >= 0.3 is 0 Å². The predicted molar refractivity (Wildman–Crippen MR) is 77.3 cm³/mol. The van der Waals surface area contributed by atoms with Gasteiger partial charge in [0, 0.05) is 11.3 Å². The first kappa shape index (κ1) is 15.9. The lowest BCUT2D eigenvalue weighted by atomic mass is 10.2. The first-order valence-corrected chi connectivity index (χ1v) is 7.02. The summed E-state index contributed by atoms with van der Waals surface area (Å²) in [5.41, 5.74) is 1.76. The second-order valence-electron chi connectivity index (χ2n) is 3.77. The number of nitrogens with zero attached hydrogens (tertiary/aromatic N) is 2. The molecule has 3 nitrogen and oxygen atoms in total. The van der Waals surface area contributed by atoms with Gasteiger partial charge in [-0.2, -0.15) is 5.10 Å². The van der Waals surface area contributed by atoms with Crippen molar-refractivity contribution in [1.29, 1.82) is 0 Å². The van der Waals surface area contributed by atoms with E-state index in [-0.39, 0.29) is 5.82 Å². The number of alkyl halides is 1. The monoisotopic (exact) mass is 286 g/mol. The molecule has 1 heterocycles. The highest BCUT2D eigenvalue weighted by Gasteiger charge is 2.07. The van der Waals surface area contributed by atoms with Gasteiger partial charge in [0.25, 0.3) is 0 Å². The fourth-order valence-corrected chi connectivity index (χ4v) is 1.90. The first-order valence-electron chi connectivity index (χ1n) is 6.49. The molecular formula is C14H20ClFN2O. The number of rotatable bonds is 5. The number of aromatic nitrogens is 2. The Bertz CT molecular complexity index is 513. The summed E-state index contributed by atoms with van der Waals surface area (Å²) in [5.74, 6) is 0.253. The predicted octanol–water partition coefficient (Wildman–Crippen LogP) is 3.77. The molecule has 19 heavy (non-hydrogen) atoms. The Hall–Kier alpha value is -1.13. The van der Waals surface area contributed by atoms with Gasteiger partial charge in [-0.1, -0.05) is 13.8 Å². The summed E-state index contributed by atoms with van der Waals surface area (Å²) in [6, 6.07) is 4.69. The maximum atomic E-state index is 13.1. The molecule has 0 aliphatic heterocycles. The van der Waals surface area contributed by atoms with Crippen LogP contribution >= 0.6 is 11.6 Å². The van der Waals surface area contributed by atoms with E-state index in [0.717, 1.165) is 16.6 Å². The molecule has 0 amide bonds. The summed E-state index contributed by atoms with van der Waals surface area (Å²) in [4.78, 5) is 0. The third kappa shape index (κ3) is 4.18. The van der Waals surface area contributed by atoms with Gasteiger partial charge in [-0.15, -0.1) is 11.6 Å². The third-order valence-corrected chi connectivity index (χ3v) is 2.72. The number of halogens is 2. The Labute approximate surface area is 118 Å². The van der Waals surface area contributed by atoms with Crippen LogP contribution < -0.4 is 0 Å². The van der Waals surface area contributed by atoms with Gasteiger partial charge in [-0.3, -0.25) is 4.68 Å². The molecule has 106 valence electrons. The van der Waals surface area contributed by atoms with E-state index in [9.17, 15) is 4.39 Å². The molecule has 0 atom stereocenters. The molecule has 0 spiro atoms. The van der Waals surface area contributed by atoms with Crippen LogP contribution in [0.5, 0.6) is 0 Å². The summed E-state index contributed by atoms with van der Waals surface area (Å²) < 4.78 is 20.2. The van der Waals surface area contributed by atoms with Gasteiger partial charge in [-0.25, -0.2) is 4.39 Å². The van der Waals surface area contributed by atoms with Gasteiger partial charge in [0.15, 0.2) is 0 Å². The van der Waals surface area contributed by atoms with E-state index in [1.807, 2.05) is 25.5 Å². The second kappa shape index (κ2) is 8.12. The third-order valence-electron chi connectivity index (χ3n) is 2.57. The zero-order chi connectivity index (χ0) is 14.3. The Morgan fingerprint density at radius 3 is 2.74 bits per heavy atom. The zero-order valence-corrected chi connectivity index (χ0v) is 12.4. The lowest BCUT2D eigenvalue weighted by Crippen LogP contribution is -2.08. The lowest BCUT2D eigenvalue weighted by molar-refractivity contribution is 0.139. The van der Waals surface area contributed by atoms with Crippen molar-refractivity contribution < 1.29 is 9.13 Å². The quantitative estimate of drug-likeness (QED) is 0.618. The minimum absolute atomic E-state index is 0.237. The van der Waals surface area contributed by atoms with Gasteiger partial charge < -0.3 is 4.74 Å². The van der Waals surface area contributed by atoms with Crippen LogP contribution in [0.25, 0.3) is 10.9 Å². The Kier molecular flexibility index (Phi) is 6.81. The van der Waals surface area contributed by atoms with Crippen LogP contribution in [0.15, 0.2) is 18.2 Å². The van der Waals surface area contributed by atoms with Crippen LogP contribution in [-0.4, -0.2) is 28.9 Å². The number of benzene rings is 1. The number of hydrogen-bond donors (Lipinski definition) is 0. The maximum Gasteiger partial charge on any atom is 0.124 e. The second-order valence-corrected chi connectivity index (χ2v) is 4.15. The Balaban J connectivity index is 0.000000861. The maximum absolute atomic E-state index is 13.1. The SMILES string of the molecule is CC.Cc1nn(CCOCCCl)c2ccc(F)cc12. The van der Waals surface area contributed by atoms with Crippen LogP contribution in [0.1, 0.15) is 19.5 Å². The molecule has 0 saturated heterocycles. The molecule has 0 bridgehead atoms. The molecular weight excluding hydrogens is 267 g/mol. The van der Waals surface area contributed by atoms with Crippen LogP contribution in [0.3, 0.4) is 0 Å². The minimum Gasteiger partial charge on any atom is -0.378 e. The van der Waals surface area contributed by atoms with E-state index in [0.29, 0.717) is 25.6 Å². The summed E-state index contributed by atoms with van der Waals surface area (Å²) in [7, 11) is 0. The minimum atomic E-state index is -0.237. The highest BCUT2D eigenvalue weighted by atomic mass is 35.5. The smallest absolute Gasteiger partial charge is 0.124 e. The molecule has 0 radical (unpaired) electrons. The van der Waals surface area contributed by atoms with E-state index in [4.69, 9.17) is 16.3 Å². The number of hydrogen-bond acceptors (Lipinski definition) is 2. The first-order chi connectivity index (χ1) is 9.22. The fraction of sp³-hybridized carbons (Fsp3) is 0.500. The van der Waals surface area contributed by atoms with E-state index in [1.54, 1.807) is 6.07 Å². The highest BCUT2D eigenvalue weighted by molar-refractivity contribution is 6.17. The number of fused-ring (bicyclic) bond motifs is 1. The van der Waals surface area contributed by atoms with E-state index >= 15 is 0 Å². The van der Waals surface area contributed by atoms with Crippen molar-refractivity contribution in [3.8, 4) is 0 Å². The van der Waals surface area contributed by atoms with Gasteiger partial charge in [0.05, 0.1) is 31.0 Å². The lowest BCUT2D eigenvalue weighted by Gasteiger charge is -2.04. The Morgan fingerprint density at radius 1 is 1.32 bits per heavy atom. The normalized spacial score (nSPS) is 10.4. The molecule has 2 rings (SSSR count). The summed E-state index contributed by atoms with van der Waals surface area (Å²) in [6.45, 7) is 7.61. The molecule has 0 aliphatic rings. The highest BCUT2D eigenvalue weighted by Crippen LogP contribution is 2.19. The molecule has 0 fully saturated rings. The van der Waals surface area contributed by atoms with Crippen molar-refractivity contribution in [2.75, 3.05) is 19.1 Å². The molecule has 2 aromatic rings. The van der Waals surface area contributed by atoms with E-state index in [1.165, 1.54) is 12.1 Å². The van der Waals surface area contributed by atoms with E-state index in [2.05, 4.69) is 5.10 Å². The summed E-state index contributed by atoms with van der Waals surface area (Å²) >= 11 is 5.51. The molecule has 1 aromatic heterocycles. The van der Waals surface area contributed by atoms with Gasteiger partial charge in [0.2, 0.25) is 0 Å². The van der Waals surface area contributed by atoms with Gasteiger partial charge in [0.1, 0.15) is 5.82 Å². The van der Waals surface area contributed by atoms with Crippen molar-refractivity contribution in [2.24, 2.45) is 0 Å². The standard InChI is InChI=1S/C12H14ClFN2O.C2H6/c1-9-11-8-10(14)2-3-12(11)16(15-9)5-7-17-6-4-13;1-2/h2-3,8H,4-7H2,1H3;1-2H3. The van der Waals surface area contributed by atoms with Crippen LogP contribution in [0.4, 0.5) is 4.39 Å². The molecule has 0 saturated carbocycles. The van der Waals surface area contributed by atoms with Crippen LogP contribution in [-0.2, 0) is 11.3 Å². The summed E-state index contributed by atoms with van der Waals surface area (Å²) in [6.07, 6.45) is 0. The Morgan fingerprint density at radius 2 is 2.05 bits per heavy atom. The van der Waals surface area contributed by atoms with Crippen LogP contribution in [0, 0.1) is 12.7 Å². The fourth-order valence-electron chi connectivity index (χ4n) is 1.79. The van der Waals surface area contributed by atoms with Crippen molar-refractivity contribution in [2.45, 2.75) is 27.3 Å². The molecule has 5 heteroatoms. The summed E-state index contributed by atoms with van der Waals surface area (Å²) in [5, 5.41) is 5.21. The average molecular weight is 287 g/mol. The molecule has 0 unspecified atom stereocenters.